The molecule has 0 aromatic heterocycles. The minimum absolute atomic E-state index is 0. The maximum atomic E-state index is 6.25. The van der Waals surface area contributed by atoms with Gasteiger partial charge in [0.25, 0.3) is 0 Å². The van der Waals surface area contributed by atoms with Crippen LogP contribution >= 0.6 is 0 Å². The van der Waals surface area contributed by atoms with Crippen LogP contribution in [0.4, 0.5) is 0 Å². The Morgan fingerprint density at radius 3 is 1.29 bits per heavy atom. The van der Waals surface area contributed by atoms with Crippen molar-refractivity contribution in [1.82, 2.24) is 0 Å². The third kappa shape index (κ3) is 62.7. The SMILES string of the molecule is NCCN.[C-]#N.[Na+]. The van der Waals surface area contributed by atoms with Crippen LogP contribution in [0.15, 0.2) is 0 Å². The van der Waals surface area contributed by atoms with Gasteiger partial charge in [-0.25, -0.2) is 0 Å². The molecule has 0 aromatic carbocycles. The first-order valence-corrected chi connectivity index (χ1v) is 1.54. The molecule has 4 heteroatoms. The molecule has 0 aliphatic heterocycles. The first-order valence-electron chi connectivity index (χ1n) is 1.54. The number of hydrogen-bond acceptors (Lipinski definition) is 3. The van der Waals surface area contributed by atoms with Crippen molar-refractivity contribution in [3.63, 3.8) is 0 Å². The predicted molar refractivity (Wildman–Crippen MR) is 23.1 cm³/mol. The van der Waals surface area contributed by atoms with Crippen molar-refractivity contribution < 1.29 is 29.6 Å². The summed E-state index contributed by atoms with van der Waals surface area (Å²) in [5, 5.41) is 6.25. The van der Waals surface area contributed by atoms with Gasteiger partial charge >= 0.3 is 29.6 Å². The second kappa shape index (κ2) is 32.3. The van der Waals surface area contributed by atoms with Crippen LogP contribution < -0.4 is 41.0 Å². The quantitative estimate of drug-likeness (QED) is 0.266. The van der Waals surface area contributed by atoms with Crippen LogP contribution in [0.3, 0.4) is 0 Å². The summed E-state index contributed by atoms with van der Waals surface area (Å²) in [5.74, 6) is 0. The van der Waals surface area contributed by atoms with Crippen LogP contribution in [0.25, 0.3) is 0 Å². The second-order valence-corrected chi connectivity index (χ2v) is 0.577. The van der Waals surface area contributed by atoms with E-state index in [1.807, 2.05) is 0 Å². The topological polar surface area (TPSA) is 75.8 Å². The van der Waals surface area contributed by atoms with Gasteiger partial charge in [0.05, 0.1) is 0 Å². The Labute approximate surface area is 66.0 Å². The molecule has 4 N–H and O–H groups in total. The fourth-order valence-corrected chi connectivity index (χ4v) is 0. The molecule has 0 amide bonds. The van der Waals surface area contributed by atoms with Gasteiger partial charge in [-0.1, -0.05) is 0 Å². The minimum atomic E-state index is 0. The molecule has 0 aliphatic carbocycles. The average molecular weight is 109 g/mol. The van der Waals surface area contributed by atoms with Gasteiger partial charge in [-0.2, -0.15) is 0 Å². The van der Waals surface area contributed by atoms with Gasteiger partial charge in [0, 0.05) is 13.1 Å². The van der Waals surface area contributed by atoms with E-state index < -0.39 is 0 Å². The average Bonchev–Trinajstić information content (AvgIpc) is 1.72. The molecule has 3 nitrogen and oxygen atoms in total. The van der Waals surface area contributed by atoms with Crippen molar-refractivity contribution in [2.75, 3.05) is 13.1 Å². The van der Waals surface area contributed by atoms with Crippen LogP contribution in [-0.2, 0) is 0 Å². The molecule has 0 rings (SSSR count). The molecule has 0 atom stereocenters. The Hall–Kier alpha value is 0.410. The van der Waals surface area contributed by atoms with Crippen molar-refractivity contribution in [3.05, 3.63) is 6.57 Å². The molecule has 0 bridgehead atoms. The zero-order valence-electron chi connectivity index (χ0n) is 4.52. The van der Waals surface area contributed by atoms with Crippen molar-refractivity contribution >= 4 is 0 Å². The molecule has 0 radical (unpaired) electrons. The molecule has 0 fully saturated rings. The third-order valence-electron chi connectivity index (χ3n) is 0.167. The van der Waals surface area contributed by atoms with E-state index in [-0.39, 0.29) is 29.6 Å². The smallest absolute Gasteiger partial charge is 0.512 e. The molecule has 0 heterocycles. The van der Waals surface area contributed by atoms with E-state index in [9.17, 15) is 0 Å². The standard InChI is InChI=1S/C2H8N2.CN.Na/c3-1-2-4;1-2;/h1-4H2;;/q;-1;+1. The van der Waals surface area contributed by atoms with Crippen LogP contribution in [-0.4, -0.2) is 13.1 Å². The maximum absolute atomic E-state index is 6.25. The molecular weight excluding hydrogens is 101 g/mol. The fourth-order valence-electron chi connectivity index (χ4n) is 0. The largest absolute Gasteiger partial charge is 1.00 e. The fraction of sp³-hybridized carbons (Fsp3) is 0.667. The summed E-state index contributed by atoms with van der Waals surface area (Å²) in [7, 11) is 0. The van der Waals surface area contributed by atoms with E-state index in [1.54, 1.807) is 0 Å². The Bertz CT molecular complexity index is 26.6. The Morgan fingerprint density at radius 1 is 1.14 bits per heavy atom. The number of hydrogen-bond donors (Lipinski definition) is 2. The Morgan fingerprint density at radius 2 is 1.29 bits per heavy atom. The van der Waals surface area contributed by atoms with Crippen molar-refractivity contribution in [3.8, 4) is 0 Å². The summed E-state index contributed by atoms with van der Waals surface area (Å²) in [6.07, 6.45) is 0. The molecule has 0 saturated carbocycles. The van der Waals surface area contributed by atoms with Gasteiger partial charge in [0.1, 0.15) is 0 Å². The summed E-state index contributed by atoms with van der Waals surface area (Å²) in [5.41, 5.74) is 9.81. The monoisotopic (exact) mass is 109 g/mol. The summed E-state index contributed by atoms with van der Waals surface area (Å²) in [4.78, 5) is 0. The predicted octanol–water partition coefficient (Wildman–Crippen LogP) is -4.00. The van der Waals surface area contributed by atoms with E-state index in [2.05, 4.69) is 0 Å². The molecule has 0 aromatic rings. The van der Waals surface area contributed by atoms with Crippen LogP contribution in [0.2, 0.25) is 0 Å². The van der Waals surface area contributed by atoms with Crippen molar-refractivity contribution in [2.24, 2.45) is 11.5 Å². The number of rotatable bonds is 1. The van der Waals surface area contributed by atoms with E-state index in [0.29, 0.717) is 13.1 Å². The second-order valence-electron chi connectivity index (χ2n) is 0.577. The molecule has 36 valence electrons. The number of nitrogens with two attached hydrogens (primary N) is 2. The van der Waals surface area contributed by atoms with Gasteiger partial charge in [0.15, 0.2) is 0 Å². The first-order chi connectivity index (χ1) is 2.91. The van der Waals surface area contributed by atoms with E-state index >= 15 is 0 Å². The molecule has 0 unspecified atom stereocenters. The Kier molecular flexibility index (Phi) is 72.2. The van der Waals surface area contributed by atoms with Crippen LogP contribution in [0, 0.1) is 11.8 Å². The van der Waals surface area contributed by atoms with E-state index in [4.69, 9.17) is 23.3 Å². The summed E-state index contributed by atoms with van der Waals surface area (Å²) >= 11 is 0. The Balaban J connectivity index is -0.0000000480. The van der Waals surface area contributed by atoms with Crippen molar-refractivity contribution in [1.29, 1.82) is 5.26 Å². The molecular formula is C3H8N3Na. The van der Waals surface area contributed by atoms with Crippen LogP contribution in [0.1, 0.15) is 0 Å². The van der Waals surface area contributed by atoms with Crippen molar-refractivity contribution in [2.45, 2.75) is 0 Å². The van der Waals surface area contributed by atoms with Gasteiger partial charge in [-0.3, -0.25) is 0 Å². The molecule has 7 heavy (non-hydrogen) atoms. The third-order valence-corrected chi connectivity index (χ3v) is 0.167. The maximum Gasteiger partial charge on any atom is 1.00 e. The van der Waals surface area contributed by atoms with Gasteiger partial charge in [-0.05, 0) is 0 Å². The summed E-state index contributed by atoms with van der Waals surface area (Å²) in [6.45, 7) is 5.94. The van der Waals surface area contributed by atoms with E-state index in [0.717, 1.165) is 0 Å². The van der Waals surface area contributed by atoms with E-state index in [1.165, 1.54) is 0 Å². The zero-order chi connectivity index (χ0) is 5.41. The van der Waals surface area contributed by atoms with Gasteiger partial charge in [0.2, 0.25) is 0 Å². The van der Waals surface area contributed by atoms with Crippen LogP contribution in [0.5, 0.6) is 0 Å². The zero-order valence-corrected chi connectivity index (χ0v) is 6.52. The normalized spacial score (nSPS) is 4.57. The molecule has 0 saturated heterocycles. The minimum Gasteiger partial charge on any atom is -0.512 e. The van der Waals surface area contributed by atoms with Gasteiger partial charge < -0.3 is 23.3 Å². The van der Waals surface area contributed by atoms with Gasteiger partial charge in [-0.15, -0.1) is 0 Å². The summed E-state index contributed by atoms with van der Waals surface area (Å²) in [6, 6.07) is 0. The first kappa shape index (κ1) is 15.7. The molecule has 0 aliphatic rings. The molecule has 0 spiro atoms. The number of nitrogens with zero attached hydrogens (tertiary/aromatic N) is 1. The summed E-state index contributed by atoms with van der Waals surface area (Å²) < 4.78 is 0.